The third kappa shape index (κ3) is 3.89. The third-order valence-electron chi connectivity index (χ3n) is 1.62. The SMILES string of the molecule is COc1cc(Cl)cnc1OC(=O)NC(=O)CN. The molecule has 0 fully saturated rings. The van der Waals surface area contributed by atoms with Gasteiger partial charge in [0.25, 0.3) is 5.88 Å². The number of amides is 2. The molecule has 0 bridgehead atoms. The van der Waals surface area contributed by atoms with E-state index >= 15 is 0 Å². The van der Waals surface area contributed by atoms with Crippen LogP contribution in [0.2, 0.25) is 5.02 Å². The van der Waals surface area contributed by atoms with Crippen molar-refractivity contribution in [3.05, 3.63) is 17.3 Å². The molecule has 1 rings (SSSR count). The Morgan fingerprint density at radius 3 is 2.88 bits per heavy atom. The van der Waals surface area contributed by atoms with Gasteiger partial charge in [-0.05, 0) is 0 Å². The average Bonchev–Trinajstić information content (AvgIpc) is 2.31. The van der Waals surface area contributed by atoms with Crippen LogP contribution in [0.25, 0.3) is 0 Å². The average molecular weight is 260 g/mol. The molecule has 7 nitrogen and oxygen atoms in total. The number of carbonyl (C=O) groups is 2. The summed E-state index contributed by atoms with van der Waals surface area (Å²) < 4.78 is 9.64. The van der Waals surface area contributed by atoms with Gasteiger partial charge in [-0.2, -0.15) is 0 Å². The quantitative estimate of drug-likeness (QED) is 0.810. The number of methoxy groups -OCH3 is 1. The molecule has 8 heteroatoms. The number of imide groups is 1. The van der Waals surface area contributed by atoms with Gasteiger partial charge in [-0.1, -0.05) is 11.6 Å². The van der Waals surface area contributed by atoms with Crippen molar-refractivity contribution in [3.63, 3.8) is 0 Å². The molecule has 1 heterocycles. The third-order valence-corrected chi connectivity index (χ3v) is 1.83. The van der Waals surface area contributed by atoms with E-state index in [2.05, 4.69) is 4.98 Å². The lowest BCUT2D eigenvalue weighted by atomic mass is 10.4. The van der Waals surface area contributed by atoms with E-state index in [1.54, 1.807) is 0 Å². The highest BCUT2D eigenvalue weighted by Crippen LogP contribution is 2.26. The largest absolute Gasteiger partial charge is 0.491 e. The topological polar surface area (TPSA) is 104 Å². The lowest BCUT2D eigenvalue weighted by Gasteiger charge is -2.08. The summed E-state index contributed by atoms with van der Waals surface area (Å²) in [5.41, 5.74) is 5.01. The van der Waals surface area contributed by atoms with Gasteiger partial charge in [-0.15, -0.1) is 0 Å². The van der Waals surface area contributed by atoms with Crippen molar-refractivity contribution < 1.29 is 19.1 Å². The number of nitrogens with zero attached hydrogens (tertiary/aromatic N) is 1. The minimum absolute atomic E-state index is 0.0979. The molecule has 0 spiro atoms. The number of hydrogen-bond acceptors (Lipinski definition) is 6. The van der Waals surface area contributed by atoms with Gasteiger partial charge in [-0.25, -0.2) is 9.78 Å². The summed E-state index contributed by atoms with van der Waals surface area (Å²) in [7, 11) is 1.36. The van der Waals surface area contributed by atoms with E-state index in [1.807, 2.05) is 5.32 Å². The molecule has 0 aromatic carbocycles. The molecule has 0 saturated heterocycles. The van der Waals surface area contributed by atoms with Crippen LogP contribution in [0.4, 0.5) is 4.79 Å². The first-order valence-corrected chi connectivity index (χ1v) is 4.86. The number of rotatable bonds is 3. The van der Waals surface area contributed by atoms with Gasteiger partial charge in [0.2, 0.25) is 5.91 Å². The van der Waals surface area contributed by atoms with Crippen molar-refractivity contribution in [1.29, 1.82) is 0 Å². The maximum absolute atomic E-state index is 11.2. The predicted molar refractivity (Wildman–Crippen MR) is 59.0 cm³/mol. The van der Waals surface area contributed by atoms with Crippen LogP contribution in [0.3, 0.4) is 0 Å². The molecule has 92 valence electrons. The van der Waals surface area contributed by atoms with Crippen LogP contribution < -0.4 is 20.5 Å². The number of pyridine rings is 1. The van der Waals surface area contributed by atoms with Crippen molar-refractivity contribution in [2.75, 3.05) is 13.7 Å². The van der Waals surface area contributed by atoms with Crippen LogP contribution in [-0.4, -0.2) is 30.6 Å². The van der Waals surface area contributed by atoms with E-state index in [4.69, 9.17) is 26.8 Å². The summed E-state index contributed by atoms with van der Waals surface area (Å²) in [5.74, 6) is -0.588. The van der Waals surface area contributed by atoms with Crippen molar-refractivity contribution >= 4 is 23.6 Å². The van der Waals surface area contributed by atoms with Crippen LogP contribution in [-0.2, 0) is 4.79 Å². The normalized spacial score (nSPS) is 9.59. The van der Waals surface area contributed by atoms with Crippen LogP contribution in [0.5, 0.6) is 11.6 Å². The Morgan fingerprint density at radius 1 is 1.59 bits per heavy atom. The van der Waals surface area contributed by atoms with E-state index in [0.717, 1.165) is 0 Å². The van der Waals surface area contributed by atoms with E-state index in [9.17, 15) is 9.59 Å². The molecule has 0 atom stereocenters. The van der Waals surface area contributed by atoms with Crippen LogP contribution in [0.15, 0.2) is 12.3 Å². The molecule has 1 aromatic rings. The molecule has 0 saturated carbocycles. The molecule has 2 amide bonds. The van der Waals surface area contributed by atoms with E-state index in [1.165, 1.54) is 19.4 Å². The van der Waals surface area contributed by atoms with E-state index in [-0.39, 0.29) is 18.2 Å². The standard InChI is InChI=1S/C9H10ClN3O4/c1-16-6-2-5(10)4-12-8(6)17-9(15)13-7(14)3-11/h2,4H,3,11H2,1H3,(H,13,14,15). The summed E-state index contributed by atoms with van der Waals surface area (Å²) in [5, 5.41) is 2.22. The minimum atomic E-state index is -0.992. The van der Waals surface area contributed by atoms with Gasteiger partial charge >= 0.3 is 6.09 Å². The van der Waals surface area contributed by atoms with Crippen molar-refractivity contribution in [2.45, 2.75) is 0 Å². The van der Waals surface area contributed by atoms with Crippen LogP contribution in [0.1, 0.15) is 0 Å². The van der Waals surface area contributed by atoms with Gasteiger partial charge in [0.05, 0.1) is 18.7 Å². The Balaban J connectivity index is 2.74. The molecule has 3 N–H and O–H groups in total. The number of ether oxygens (including phenoxy) is 2. The smallest absolute Gasteiger partial charge is 0.420 e. The Morgan fingerprint density at radius 2 is 2.29 bits per heavy atom. The fraction of sp³-hybridized carbons (Fsp3) is 0.222. The molecule has 0 aliphatic heterocycles. The second kappa shape index (κ2) is 6.02. The van der Waals surface area contributed by atoms with Crippen molar-refractivity contribution in [2.24, 2.45) is 5.73 Å². The zero-order valence-electron chi connectivity index (χ0n) is 8.90. The highest BCUT2D eigenvalue weighted by atomic mass is 35.5. The maximum atomic E-state index is 11.2. The second-order valence-corrected chi connectivity index (χ2v) is 3.24. The van der Waals surface area contributed by atoms with Crippen LogP contribution in [0, 0.1) is 0 Å². The van der Waals surface area contributed by atoms with Crippen LogP contribution >= 0.6 is 11.6 Å². The summed E-state index contributed by atoms with van der Waals surface area (Å²) in [6.07, 6.45) is 0.283. The highest BCUT2D eigenvalue weighted by molar-refractivity contribution is 6.30. The molecular formula is C9H10ClN3O4. The maximum Gasteiger partial charge on any atom is 0.420 e. The number of nitrogens with two attached hydrogens (primary N) is 1. The Hall–Kier alpha value is -1.86. The number of nitrogens with one attached hydrogen (secondary N) is 1. The van der Waals surface area contributed by atoms with Gasteiger partial charge in [0.1, 0.15) is 0 Å². The molecule has 0 aliphatic rings. The molecular weight excluding hydrogens is 250 g/mol. The minimum Gasteiger partial charge on any atom is -0.491 e. The lowest BCUT2D eigenvalue weighted by molar-refractivity contribution is -0.118. The lowest BCUT2D eigenvalue weighted by Crippen LogP contribution is -2.37. The molecule has 1 aromatic heterocycles. The summed E-state index contributed by atoms with van der Waals surface area (Å²) in [6, 6.07) is 1.42. The summed E-state index contributed by atoms with van der Waals surface area (Å²) in [6.45, 7) is -0.319. The Labute approximate surface area is 102 Å². The first-order valence-electron chi connectivity index (χ1n) is 4.48. The fourth-order valence-electron chi connectivity index (χ4n) is 0.909. The van der Waals surface area contributed by atoms with Gasteiger partial charge in [0.15, 0.2) is 5.75 Å². The molecule has 0 unspecified atom stereocenters. The van der Waals surface area contributed by atoms with E-state index < -0.39 is 12.0 Å². The number of halogens is 1. The highest BCUT2D eigenvalue weighted by Gasteiger charge is 2.13. The van der Waals surface area contributed by atoms with Gasteiger partial charge in [0, 0.05) is 12.3 Å². The molecule has 17 heavy (non-hydrogen) atoms. The fourth-order valence-corrected chi connectivity index (χ4v) is 1.06. The first-order chi connectivity index (χ1) is 8.06. The molecule has 0 aliphatic carbocycles. The summed E-state index contributed by atoms with van der Waals surface area (Å²) in [4.78, 5) is 25.7. The van der Waals surface area contributed by atoms with Crippen molar-refractivity contribution in [1.82, 2.24) is 10.3 Å². The Kier molecular flexibility index (Phi) is 4.68. The number of hydrogen-bond donors (Lipinski definition) is 2. The van der Waals surface area contributed by atoms with Crippen molar-refractivity contribution in [3.8, 4) is 11.6 Å². The van der Waals surface area contributed by atoms with Gasteiger partial charge < -0.3 is 15.2 Å². The van der Waals surface area contributed by atoms with Gasteiger partial charge in [-0.3, -0.25) is 10.1 Å². The number of aromatic nitrogens is 1. The predicted octanol–water partition coefficient (Wildman–Crippen LogP) is 0.317. The number of carbonyl (C=O) groups excluding carboxylic acids is 2. The second-order valence-electron chi connectivity index (χ2n) is 2.80. The van der Waals surface area contributed by atoms with E-state index in [0.29, 0.717) is 5.02 Å². The monoisotopic (exact) mass is 259 g/mol. The zero-order valence-corrected chi connectivity index (χ0v) is 9.65. The zero-order chi connectivity index (χ0) is 12.8. The molecule has 0 radical (unpaired) electrons. The Bertz CT molecular complexity index is 438. The first kappa shape index (κ1) is 13.2. The summed E-state index contributed by atoms with van der Waals surface area (Å²) >= 11 is 5.67.